The summed E-state index contributed by atoms with van der Waals surface area (Å²) in [5.74, 6) is 0.227. The van der Waals surface area contributed by atoms with Crippen LogP contribution in [0.3, 0.4) is 0 Å². The molecule has 6 nitrogen and oxygen atoms in total. The normalized spacial score (nSPS) is 10.2. The highest BCUT2D eigenvalue weighted by atomic mass is 16.3. The van der Waals surface area contributed by atoms with Gasteiger partial charge in [0.05, 0.1) is 12.8 Å². The van der Waals surface area contributed by atoms with E-state index in [1.807, 2.05) is 43.3 Å². The fourth-order valence-corrected chi connectivity index (χ4v) is 2.47. The molecule has 132 valence electrons. The Hall–Kier alpha value is -3.54. The molecule has 0 spiro atoms. The van der Waals surface area contributed by atoms with E-state index in [1.165, 1.54) is 6.26 Å². The minimum Gasteiger partial charge on any atom is -0.467 e. The molecule has 0 fully saturated rings. The second-order valence-corrected chi connectivity index (χ2v) is 5.75. The number of benzene rings is 2. The molecule has 0 bridgehead atoms. The summed E-state index contributed by atoms with van der Waals surface area (Å²) >= 11 is 0. The highest BCUT2D eigenvalue weighted by Crippen LogP contribution is 2.23. The number of carbonyl (C=O) groups excluding carboxylic acids is 2. The highest BCUT2D eigenvalue weighted by molar-refractivity contribution is 6.01. The standard InChI is InChI=1S/C20H19N3O3/c1-14-8-10-15(11-9-14)17-6-2-3-7-18(17)19(24)22-23-20(25)21-13-16-5-4-12-26-16/h2-12H,13H2,1H3,(H,22,24)(H2,21,23,25). The smallest absolute Gasteiger partial charge is 0.333 e. The summed E-state index contributed by atoms with van der Waals surface area (Å²) in [6, 6.07) is 18.1. The Kier molecular flexibility index (Phi) is 5.34. The SMILES string of the molecule is Cc1ccc(-c2ccccc2C(=O)NNC(=O)NCc2ccco2)cc1. The van der Waals surface area contributed by atoms with Gasteiger partial charge in [-0.25, -0.2) is 10.2 Å². The maximum atomic E-state index is 12.5. The molecule has 3 amide bonds. The zero-order chi connectivity index (χ0) is 18.4. The largest absolute Gasteiger partial charge is 0.467 e. The van der Waals surface area contributed by atoms with Crippen molar-refractivity contribution < 1.29 is 14.0 Å². The molecule has 0 aliphatic heterocycles. The van der Waals surface area contributed by atoms with Crippen LogP contribution in [-0.2, 0) is 6.54 Å². The summed E-state index contributed by atoms with van der Waals surface area (Å²) in [7, 11) is 0. The molecule has 6 heteroatoms. The van der Waals surface area contributed by atoms with Crippen molar-refractivity contribution >= 4 is 11.9 Å². The topological polar surface area (TPSA) is 83.4 Å². The van der Waals surface area contributed by atoms with E-state index in [0.717, 1.165) is 16.7 Å². The number of nitrogens with one attached hydrogen (secondary N) is 3. The van der Waals surface area contributed by atoms with Crippen LogP contribution < -0.4 is 16.2 Å². The quantitative estimate of drug-likeness (QED) is 0.631. The van der Waals surface area contributed by atoms with Gasteiger partial charge in [0.2, 0.25) is 0 Å². The third-order valence-electron chi connectivity index (χ3n) is 3.83. The second-order valence-electron chi connectivity index (χ2n) is 5.75. The van der Waals surface area contributed by atoms with E-state index in [2.05, 4.69) is 16.2 Å². The number of aryl methyl sites for hydroxylation is 1. The van der Waals surface area contributed by atoms with Gasteiger partial charge in [-0.2, -0.15) is 0 Å². The fourth-order valence-electron chi connectivity index (χ4n) is 2.47. The second kappa shape index (κ2) is 8.02. The zero-order valence-electron chi connectivity index (χ0n) is 14.3. The Morgan fingerprint density at radius 3 is 2.42 bits per heavy atom. The van der Waals surface area contributed by atoms with Gasteiger partial charge in [-0.3, -0.25) is 10.2 Å². The van der Waals surface area contributed by atoms with Gasteiger partial charge in [0, 0.05) is 5.56 Å². The first-order valence-corrected chi connectivity index (χ1v) is 8.16. The predicted molar refractivity (Wildman–Crippen MR) is 98.2 cm³/mol. The van der Waals surface area contributed by atoms with E-state index in [0.29, 0.717) is 11.3 Å². The lowest BCUT2D eigenvalue weighted by molar-refractivity contribution is 0.0937. The van der Waals surface area contributed by atoms with Gasteiger partial charge in [0.1, 0.15) is 5.76 Å². The first kappa shape index (κ1) is 17.3. The van der Waals surface area contributed by atoms with E-state index in [1.54, 1.807) is 24.3 Å². The van der Waals surface area contributed by atoms with Gasteiger partial charge in [0.15, 0.2) is 0 Å². The molecule has 0 saturated carbocycles. The lowest BCUT2D eigenvalue weighted by Crippen LogP contribution is -2.46. The Labute approximate surface area is 151 Å². The summed E-state index contributed by atoms with van der Waals surface area (Å²) < 4.78 is 5.12. The highest BCUT2D eigenvalue weighted by Gasteiger charge is 2.13. The summed E-state index contributed by atoms with van der Waals surface area (Å²) in [5, 5.41) is 2.59. The lowest BCUT2D eigenvalue weighted by Gasteiger charge is -2.12. The first-order chi connectivity index (χ1) is 12.6. The van der Waals surface area contributed by atoms with Crippen LogP contribution in [0.4, 0.5) is 4.79 Å². The average Bonchev–Trinajstić information content (AvgIpc) is 3.19. The maximum Gasteiger partial charge on any atom is 0.333 e. The molecule has 0 atom stereocenters. The van der Waals surface area contributed by atoms with Crippen molar-refractivity contribution in [3.8, 4) is 11.1 Å². The molecule has 26 heavy (non-hydrogen) atoms. The number of rotatable bonds is 4. The summed E-state index contributed by atoms with van der Waals surface area (Å²) in [5.41, 5.74) is 8.11. The van der Waals surface area contributed by atoms with Crippen LogP contribution in [0.15, 0.2) is 71.3 Å². The molecule has 0 aliphatic rings. The molecule has 1 heterocycles. The number of carbonyl (C=O) groups is 2. The Balaban J connectivity index is 1.63. The van der Waals surface area contributed by atoms with Crippen LogP contribution in [0, 0.1) is 6.92 Å². The maximum absolute atomic E-state index is 12.5. The zero-order valence-corrected chi connectivity index (χ0v) is 14.3. The van der Waals surface area contributed by atoms with Gasteiger partial charge >= 0.3 is 6.03 Å². The van der Waals surface area contributed by atoms with E-state index in [-0.39, 0.29) is 6.54 Å². The number of furan rings is 1. The van der Waals surface area contributed by atoms with Crippen molar-refractivity contribution in [3.05, 3.63) is 83.8 Å². The third-order valence-corrected chi connectivity index (χ3v) is 3.83. The number of hydrogen-bond donors (Lipinski definition) is 3. The summed E-state index contributed by atoms with van der Waals surface area (Å²) in [6.45, 7) is 2.24. The van der Waals surface area contributed by atoms with Crippen LogP contribution in [0.25, 0.3) is 11.1 Å². The van der Waals surface area contributed by atoms with Crippen molar-refractivity contribution in [2.24, 2.45) is 0 Å². The number of hydrazine groups is 1. The molecule has 2 aromatic carbocycles. The Bertz CT molecular complexity index is 887. The number of urea groups is 1. The van der Waals surface area contributed by atoms with Gasteiger partial charge in [0.25, 0.3) is 5.91 Å². The van der Waals surface area contributed by atoms with Gasteiger partial charge in [-0.05, 0) is 36.2 Å². The molecule has 0 saturated heterocycles. The van der Waals surface area contributed by atoms with Crippen molar-refractivity contribution in [1.82, 2.24) is 16.2 Å². The molecular weight excluding hydrogens is 330 g/mol. The molecule has 3 rings (SSSR count). The lowest BCUT2D eigenvalue weighted by atomic mass is 9.98. The van der Waals surface area contributed by atoms with Crippen LogP contribution in [0.2, 0.25) is 0 Å². The minimum atomic E-state index is -0.525. The minimum absolute atomic E-state index is 0.231. The molecule has 1 aromatic heterocycles. The van der Waals surface area contributed by atoms with Crippen molar-refractivity contribution in [2.75, 3.05) is 0 Å². The van der Waals surface area contributed by atoms with Gasteiger partial charge < -0.3 is 9.73 Å². The van der Waals surface area contributed by atoms with Crippen LogP contribution >= 0.6 is 0 Å². The summed E-state index contributed by atoms with van der Waals surface area (Å²) in [4.78, 5) is 24.3. The van der Waals surface area contributed by atoms with Gasteiger partial charge in [-0.15, -0.1) is 0 Å². The van der Waals surface area contributed by atoms with Crippen LogP contribution in [-0.4, -0.2) is 11.9 Å². The molecule has 3 N–H and O–H groups in total. The average molecular weight is 349 g/mol. The monoisotopic (exact) mass is 349 g/mol. The van der Waals surface area contributed by atoms with Crippen molar-refractivity contribution in [3.63, 3.8) is 0 Å². The predicted octanol–water partition coefficient (Wildman–Crippen LogP) is 3.40. The Morgan fingerprint density at radius 2 is 1.69 bits per heavy atom. The summed E-state index contributed by atoms with van der Waals surface area (Å²) in [6.07, 6.45) is 1.53. The van der Waals surface area contributed by atoms with Gasteiger partial charge in [-0.1, -0.05) is 48.0 Å². The van der Waals surface area contributed by atoms with Crippen molar-refractivity contribution in [2.45, 2.75) is 13.5 Å². The molecule has 0 radical (unpaired) electrons. The van der Waals surface area contributed by atoms with Crippen LogP contribution in [0.5, 0.6) is 0 Å². The molecule has 0 unspecified atom stereocenters. The number of hydrogen-bond acceptors (Lipinski definition) is 3. The fraction of sp³-hybridized carbons (Fsp3) is 0.100. The van der Waals surface area contributed by atoms with Crippen LogP contribution in [0.1, 0.15) is 21.7 Å². The molecular formula is C20H19N3O3. The molecule has 3 aromatic rings. The number of amides is 3. The first-order valence-electron chi connectivity index (χ1n) is 8.16. The van der Waals surface area contributed by atoms with E-state index >= 15 is 0 Å². The third kappa shape index (κ3) is 4.30. The van der Waals surface area contributed by atoms with E-state index in [4.69, 9.17) is 4.42 Å². The molecule has 0 aliphatic carbocycles. The van der Waals surface area contributed by atoms with E-state index in [9.17, 15) is 9.59 Å². The van der Waals surface area contributed by atoms with E-state index < -0.39 is 11.9 Å². The van der Waals surface area contributed by atoms with Crippen molar-refractivity contribution in [1.29, 1.82) is 0 Å². The Morgan fingerprint density at radius 1 is 0.923 bits per heavy atom.